The van der Waals surface area contributed by atoms with Crippen LogP contribution in [0.25, 0.3) is 0 Å². The Morgan fingerprint density at radius 1 is 1.21 bits per heavy atom. The quantitative estimate of drug-likeness (QED) is 0.737. The van der Waals surface area contributed by atoms with E-state index in [0.717, 1.165) is 22.7 Å². The number of hydrogen-bond acceptors (Lipinski definition) is 5. The van der Waals surface area contributed by atoms with Crippen molar-refractivity contribution >= 4 is 21.8 Å². The fourth-order valence-corrected chi connectivity index (χ4v) is 5.72. The average Bonchev–Trinajstić information content (AvgIpc) is 3.09. The zero-order valence-electron chi connectivity index (χ0n) is 17.1. The van der Waals surface area contributed by atoms with Gasteiger partial charge in [-0.05, 0) is 44.1 Å². The van der Waals surface area contributed by atoms with Crippen LogP contribution in [0.3, 0.4) is 0 Å². The first kappa shape index (κ1) is 20.8. The molecule has 2 fully saturated rings. The van der Waals surface area contributed by atoms with Gasteiger partial charge in [0.25, 0.3) is 5.91 Å². The Balaban J connectivity index is 1.89. The highest BCUT2D eigenvalue weighted by Gasteiger charge is 2.58. The molecule has 2 saturated heterocycles. The maximum absolute atomic E-state index is 13.2. The van der Waals surface area contributed by atoms with Crippen LogP contribution in [0.1, 0.15) is 36.2 Å². The summed E-state index contributed by atoms with van der Waals surface area (Å²) in [7, 11) is 0.310. The van der Waals surface area contributed by atoms with Gasteiger partial charge in [0.05, 0.1) is 24.3 Å². The number of rotatable bonds is 5. The van der Waals surface area contributed by atoms with Crippen LogP contribution in [0.2, 0.25) is 0 Å². The van der Waals surface area contributed by atoms with Crippen molar-refractivity contribution in [3.63, 3.8) is 0 Å². The van der Waals surface area contributed by atoms with E-state index in [0.29, 0.717) is 18.5 Å². The van der Waals surface area contributed by atoms with Crippen molar-refractivity contribution in [3.8, 4) is 0 Å². The summed E-state index contributed by atoms with van der Waals surface area (Å²) in [5.41, 5.74) is 1.68. The van der Waals surface area contributed by atoms with Gasteiger partial charge >= 0.3 is 0 Å². The van der Waals surface area contributed by atoms with Crippen LogP contribution in [0.4, 0.5) is 0 Å². The fraction of sp³-hybridized carbons (Fsp3) is 0.600. The van der Waals surface area contributed by atoms with E-state index in [4.69, 9.17) is 0 Å². The summed E-state index contributed by atoms with van der Waals surface area (Å²) in [4.78, 5) is 29.8. The number of nitrogens with zero attached hydrogens (tertiary/aromatic N) is 3. The van der Waals surface area contributed by atoms with E-state index in [-0.39, 0.29) is 17.7 Å². The molecule has 0 bridgehead atoms. The molecule has 0 unspecified atom stereocenters. The molecule has 1 aromatic rings. The predicted octanol–water partition coefficient (Wildman–Crippen LogP) is 1.41. The molecule has 2 amide bonds. The molecule has 2 aliphatic rings. The Kier molecular flexibility index (Phi) is 5.55. The molecule has 0 aromatic heterocycles. The number of sulfonamides is 1. The standard InChI is InChI=1S/C20H29N3O4S/c1-13(2)17-18-16(23(20(17)25)28(5,26)27)10-11-22(18)19(24)15-8-6-14(7-9-15)12-21(3)4/h6-9,13,16-18H,10-12H2,1-5H3/t16-,17+,18-/m0/s1. The van der Waals surface area contributed by atoms with Crippen molar-refractivity contribution in [2.45, 2.75) is 38.9 Å². The number of benzene rings is 1. The summed E-state index contributed by atoms with van der Waals surface area (Å²) in [5, 5.41) is 0. The number of carbonyl (C=O) groups excluding carboxylic acids is 2. The Hall–Kier alpha value is -1.93. The molecule has 8 heteroatoms. The molecule has 3 atom stereocenters. The molecule has 0 N–H and O–H groups in total. The Bertz CT molecular complexity index is 864. The van der Waals surface area contributed by atoms with E-state index < -0.39 is 28.0 Å². The molecular weight excluding hydrogens is 378 g/mol. The molecule has 0 aliphatic carbocycles. The summed E-state index contributed by atoms with van der Waals surface area (Å²) in [6.07, 6.45) is 1.55. The minimum absolute atomic E-state index is 0.0531. The number of fused-ring (bicyclic) bond motifs is 1. The molecule has 154 valence electrons. The summed E-state index contributed by atoms with van der Waals surface area (Å²) in [6.45, 7) is 5.05. The molecule has 1 aromatic carbocycles. The van der Waals surface area contributed by atoms with E-state index >= 15 is 0 Å². The van der Waals surface area contributed by atoms with Crippen LogP contribution >= 0.6 is 0 Å². The number of likely N-dealkylation sites (tertiary alicyclic amines) is 1. The Morgan fingerprint density at radius 2 is 1.82 bits per heavy atom. The van der Waals surface area contributed by atoms with Crippen molar-refractivity contribution in [1.82, 2.24) is 14.1 Å². The lowest BCUT2D eigenvalue weighted by atomic mass is 9.88. The first-order valence-corrected chi connectivity index (χ1v) is 11.4. The van der Waals surface area contributed by atoms with E-state index in [1.165, 1.54) is 0 Å². The van der Waals surface area contributed by atoms with Gasteiger partial charge in [0, 0.05) is 18.7 Å². The van der Waals surface area contributed by atoms with Gasteiger partial charge in [0.2, 0.25) is 15.9 Å². The van der Waals surface area contributed by atoms with Gasteiger partial charge in [-0.2, -0.15) is 0 Å². The maximum Gasteiger partial charge on any atom is 0.254 e. The van der Waals surface area contributed by atoms with Crippen LogP contribution in [0, 0.1) is 11.8 Å². The van der Waals surface area contributed by atoms with Crippen LogP contribution in [0.5, 0.6) is 0 Å². The van der Waals surface area contributed by atoms with Gasteiger partial charge in [-0.25, -0.2) is 12.7 Å². The molecule has 2 aliphatic heterocycles. The van der Waals surface area contributed by atoms with E-state index in [2.05, 4.69) is 4.90 Å². The first-order chi connectivity index (χ1) is 13.0. The molecular formula is C20H29N3O4S. The van der Waals surface area contributed by atoms with Crippen molar-refractivity contribution in [3.05, 3.63) is 35.4 Å². The molecule has 2 heterocycles. The molecule has 0 radical (unpaired) electrons. The van der Waals surface area contributed by atoms with Gasteiger partial charge in [0.1, 0.15) is 0 Å². The normalized spacial score (nSPS) is 25.1. The van der Waals surface area contributed by atoms with Gasteiger partial charge in [-0.3, -0.25) is 9.59 Å². The smallest absolute Gasteiger partial charge is 0.254 e. The minimum Gasteiger partial charge on any atom is -0.333 e. The fourth-order valence-electron chi connectivity index (χ4n) is 4.55. The average molecular weight is 408 g/mol. The SMILES string of the molecule is CC(C)[C@H]1C(=O)N(S(C)(=O)=O)[C@H]2CCN(C(=O)c3ccc(CN(C)C)cc3)[C@H]12. The second-order valence-electron chi connectivity index (χ2n) is 8.45. The maximum atomic E-state index is 13.2. The largest absolute Gasteiger partial charge is 0.333 e. The van der Waals surface area contributed by atoms with Crippen LogP contribution < -0.4 is 0 Å². The second kappa shape index (κ2) is 7.48. The third-order valence-corrected chi connectivity index (χ3v) is 6.79. The van der Waals surface area contributed by atoms with Crippen molar-refractivity contribution in [2.75, 3.05) is 26.9 Å². The monoisotopic (exact) mass is 407 g/mol. The van der Waals surface area contributed by atoms with Crippen LogP contribution in [-0.4, -0.2) is 73.3 Å². The predicted molar refractivity (Wildman–Crippen MR) is 107 cm³/mol. The highest BCUT2D eigenvalue weighted by atomic mass is 32.2. The lowest BCUT2D eigenvalue weighted by Gasteiger charge is -2.29. The summed E-state index contributed by atoms with van der Waals surface area (Å²) < 4.78 is 25.5. The Morgan fingerprint density at radius 3 is 2.32 bits per heavy atom. The third kappa shape index (κ3) is 3.67. The van der Waals surface area contributed by atoms with Gasteiger partial charge in [-0.1, -0.05) is 26.0 Å². The van der Waals surface area contributed by atoms with E-state index in [9.17, 15) is 18.0 Å². The lowest BCUT2D eigenvalue weighted by Crippen LogP contribution is -2.44. The summed E-state index contributed by atoms with van der Waals surface area (Å²) in [6, 6.07) is 6.61. The minimum atomic E-state index is -3.66. The van der Waals surface area contributed by atoms with Crippen molar-refractivity contribution < 1.29 is 18.0 Å². The van der Waals surface area contributed by atoms with Gasteiger partial charge in [0.15, 0.2) is 0 Å². The first-order valence-electron chi connectivity index (χ1n) is 9.60. The zero-order valence-corrected chi connectivity index (χ0v) is 17.9. The topological polar surface area (TPSA) is 78.0 Å². The van der Waals surface area contributed by atoms with Gasteiger partial charge < -0.3 is 9.80 Å². The highest BCUT2D eigenvalue weighted by Crippen LogP contribution is 2.41. The van der Waals surface area contributed by atoms with E-state index in [1.807, 2.05) is 52.2 Å². The molecule has 0 saturated carbocycles. The molecule has 7 nitrogen and oxygen atoms in total. The van der Waals surface area contributed by atoms with Crippen LogP contribution in [-0.2, 0) is 21.4 Å². The summed E-state index contributed by atoms with van der Waals surface area (Å²) >= 11 is 0. The molecule has 28 heavy (non-hydrogen) atoms. The lowest BCUT2D eigenvalue weighted by molar-refractivity contribution is -0.129. The van der Waals surface area contributed by atoms with Crippen molar-refractivity contribution in [1.29, 1.82) is 0 Å². The summed E-state index contributed by atoms with van der Waals surface area (Å²) in [5.74, 6) is -1.08. The van der Waals surface area contributed by atoms with Crippen LogP contribution in [0.15, 0.2) is 24.3 Å². The van der Waals surface area contributed by atoms with Gasteiger partial charge in [-0.15, -0.1) is 0 Å². The third-order valence-electron chi connectivity index (χ3n) is 5.63. The molecule has 0 spiro atoms. The molecule has 3 rings (SSSR count). The van der Waals surface area contributed by atoms with Crippen molar-refractivity contribution in [2.24, 2.45) is 11.8 Å². The highest BCUT2D eigenvalue weighted by molar-refractivity contribution is 7.88. The number of amides is 2. The second-order valence-corrected chi connectivity index (χ2v) is 10.3. The number of carbonyl (C=O) groups is 2. The zero-order chi connectivity index (χ0) is 20.8. The number of hydrogen-bond donors (Lipinski definition) is 0. The Labute approximate surface area is 167 Å². The van der Waals surface area contributed by atoms with E-state index in [1.54, 1.807) is 4.90 Å².